The molecule has 0 aromatic heterocycles. The molecule has 3 aliphatic heterocycles. The number of carbonyl (C=O) groups excluding carboxylic acids is 2. The third-order valence-electron chi connectivity index (χ3n) is 6.92. The number of halogens is 2. The molecule has 0 spiro atoms. The number of urea groups is 1. The van der Waals surface area contributed by atoms with E-state index in [1.54, 1.807) is 19.2 Å². The lowest BCUT2D eigenvalue weighted by Crippen LogP contribution is -2.64. The van der Waals surface area contributed by atoms with Gasteiger partial charge < -0.3 is 14.7 Å². The summed E-state index contributed by atoms with van der Waals surface area (Å²) in [6.07, 6.45) is 0.192. The van der Waals surface area contributed by atoms with Gasteiger partial charge in [-0.1, -0.05) is 48.0 Å². The number of guanidine groups is 1. The topological polar surface area (TPSA) is 71.5 Å². The number of nitrogens with zero attached hydrogens (tertiary/aromatic N) is 5. The predicted molar refractivity (Wildman–Crippen MR) is 131 cm³/mol. The number of likely N-dealkylation sites (N-methyl/N-ethyl adjacent to an activating group) is 1. The second-order valence-corrected chi connectivity index (χ2v) is 9.49. The average Bonchev–Trinajstić information content (AvgIpc) is 3.25. The highest BCUT2D eigenvalue weighted by Crippen LogP contribution is 2.27. The van der Waals surface area contributed by atoms with Crippen molar-refractivity contribution in [2.75, 3.05) is 39.8 Å². The van der Waals surface area contributed by atoms with Crippen LogP contribution < -0.4 is 5.32 Å². The van der Waals surface area contributed by atoms with Crippen molar-refractivity contribution in [1.82, 2.24) is 24.9 Å². The predicted octanol–water partition coefficient (Wildman–Crippen LogP) is 2.39. The fraction of sp³-hybridized carbons (Fsp3) is 0.400. The van der Waals surface area contributed by atoms with Gasteiger partial charge in [-0.3, -0.25) is 15.0 Å². The lowest BCUT2D eigenvalue weighted by Gasteiger charge is -2.40. The molecule has 8 nitrogen and oxygen atoms in total. The van der Waals surface area contributed by atoms with Crippen LogP contribution in [0, 0.1) is 5.82 Å². The molecule has 10 heteroatoms. The number of imide groups is 1. The summed E-state index contributed by atoms with van der Waals surface area (Å²) in [7, 11) is 1.66. The highest BCUT2D eigenvalue weighted by Gasteiger charge is 2.49. The molecule has 2 fully saturated rings. The molecule has 2 atom stereocenters. The van der Waals surface area contributed by atoms with E-state index in [1.807, 2.05) is 23.1 Å². The smallest absolute Gasteiger partial charge is 0.325 e. The number of benzene rings is 2. The van der Waals surface area contributed by atoms with Gasteiger partial charge in [0.05, 0.1) is 0 Å². The Bertz CT molecular complexity index is 1120. The molecule has 1 N–H and O–H groups in total. The van der Waals surface area contributed by atoms with Crippen LogP contribution in [0.5, 0.6) is 0 Å². The zero-order valence-corrected chi connectivity index (χ0v) is 20.3. The van der Waals surface area contributed by atoms with E-state index in [0.717, 1.165) is 12.4 Å². The molecule has 2 aromatic carbocycles. The van der Waals surface area contributed by atoms with Crippen molar-refractivity contribution in [3.05, 3.63) is 70.5 Å². The standard InChI is InChI=1S/C25H28ClFN6O2/c1-30-22-21(23(34)29-25(30)35)33(11-10-17-6-3-2-4-7-17)24(28-22)32-14-12-31(13-15-32)16-18-19(26)8-5-9-20(18)27/h2-9,21-22H,10-16H2,1H3,(H,29,34,35). The number of piperazine rings is 1. The quantitative estimate of drug-likeness (QED) is 0.685. The maximum absolute atomic E-state index is 14.3. The van der Waals surface area contributed by atoms with E-state index in [0.29, 0.717) is 49.9 Å². The van der Waals surface area contributed by atoms with Crippen LogP contribution in [0.15, 0.2) is 53.5 Å². The van der Waals surface area contributed by atoms with Crippen molar-refractivity contribution in [2.24, 2.45) is 4.99 Å². The van der Waals surface area contributed by atoms with Gasteiger partial charge in [-0.05, 0) is 24.1 Å². The zero-order valence-electron chi connectivity index (χ0n) is 19.5. The van der Waals surface area contributed by atoms with E-state index >= 15 is 0 Å². The van der Waals surface area contributed by atoms with Gasteiger partial charge >= 0.3 is 6.03 Å². The summed E-state index contributed by atoms with van der Waals surface area (Å²) >= 11 is 6.22. The van der Waals surface area contributed by atoms with Gasteiger partial charge in [0.1, 0.15) is 5.82 Å². The molecule has 2 saturated heterocycles. The number of carbonyl (C=O) groups is 2. The summed E-state index contributed by atoms with van der Waals surface area (Å²) in [6.45, 7) is 3.79. The Morgan fingerprint density at radius 2 is 1.80 bits per heavy atom. The number of hydrogen-bond acceptors (Lipinski definition) is 6. The number of hydrogen-bond donors (Lipinski definition) is 1. The van der Waals surface area contributed by atoms with Gasteiger partial charge in [-0.15, -0.1) is 0 Å². The van der Waals surface area contributed by atoms with Crippen molar-refractivity contribution < 1.29 is 14.0 Å². The van der Waals surface area contributed by atoms with E-state index in [2.05, 4.69) is 27.2 Å². The molecule has 3 heterocycles. The van der Waals surface area contributed by atoms with Crippen molar-refractivity contribution >= 4 is 29.5 Å². The molecule has 184 valence electrons. The monoisotopic (exact) mass is 498 g/mol. The Balaban J connectivity index is 1.31. The maximum atomic E-state index is 14.3. The van der Waals surface area contributed by atoms with Gasteiger partial charge in [0.2, 0.25) is 0 Å². The second kappa shape index (κ2) is 9.83. The largest absolute Gasteiger partial charge is 0.340 e. The fourth-order valence-electron chi connectivity index (χ4n) is 4.92. The van der Waals surface area contributed by atoms with Crippen LogP contribution in [0.4, 0.5) is 9.18 Å². The minimum atomic E-state index is -0.563. The third kappa shape index (κ3) is 4.70. The van der Waals surface area contributed by atoms with Crippen LogP contribution in [0.1, 0.15) is 11.1 Å². The lowest BCUT2D eigenvalue weighted by atomic mass is 10.1. The first-order valence-corrected chi connectivity index (χ1v) is 12.2. The third-order valence-corrected chi connectivity index (χ3v) is 7.28. The summed E-state index contributed by atoms with van der Waals surface area (Å²) in [4.78, 5) is 37.8. The van der Waals surface area contributed by atoms with Crippen molar-refractivity contribution in [3.63, 3.8) is 0 Å². The average molecular weight is 499 g/mol. The number of nitrogens with one attached hydrogen (secondary N) is 1. The Kier molecular flexibility index (Phi) is 6.62. The number of fused-ring (bicyclic) bond motifs is 1. The molecular formula is C25H28ClFN6O2. The van der Waals surface area contributed by atoms with Crippen LogP contribution >= 0.6 is 11.6 Å². The summed E-state index contributed by atoms with van der Waals surface area (Å²) in [5.74, 6) is 0.115. The van der Waals surface area contributed by atoms with E-state index in [9.17, 15) is 14.0 Å². The van der Waals surface area contributed by atoms with Crippen LogP contribution in [0.25, 0.3) is 0 Å². The van der Waals surface area contributed by atoms with Crippen LogP contribution in [-0.2, 0) is 17.8 Å². The SMILES string of the molecule is CN1C(=O)NC(=O)C2C1N=C(N1CCN(Cc3c(F)cccc3Cl)CC1)N2CCc1ccccc1. The minimum Gasteiger partial charge on any atom is -0.340 e. The van der Waals surface area contributed by atoms with Gasteiger partial charge in [0, 0.05) is 56.9 Å². The Morgan fingerprint density at radius 3 is 2.51 bits per heavy atom. The molecule has 0 bridgehead atoms. The van der Waals surface area contributed by atoms with Crippen LogP contribution in [0.3, 0.4) is 0 Å². The lowest BCUT2D eigenvalue weighted by molar-refractivity contribution is -0.127. The van der Waals surface area contributed by atoms with Gasteiger partial charge in [-0.25, -0.2) is 14.2 Å². The van der Waals surface area contributed by atoms with E-state index in [4.69, 9.17) is 16.6 Å². The summed E-state index contributed by atoms with van der Waals surface area (Å²) in [5.41, 5.74) is 1.68. The minimum absolute atomic E-state index is 0.296. The van der Waals surface area contributed by atoms with Crippen molar-refractivity contribution in [2.45, 2.75) is 25.2 Å². The molecule has 3 aliphatic rings. The molecular weight excluding hydrogens is 471 g/mol. The molecule has 5 rings (SSSR count). The zero-order chi connectivity index (χ0) is 24.5. The first kappa shape index (κ1) is 23.6. The molecule has 0 saturated carbocycles. The van der Waals surface area contributed by atoms with Gasteiger partial charge in [-0.2, -0.15) is 0 Å². The summed E-state index contributed by atoms with van der Waals surface area (Å²) in [6, 6.07) is 13.8. The van der Waals surface area contributed by atoms with E-state index in [-0.39, 0.29) is 11.7 Å². The first-order chi connectivity index (χ1) is 16.9. The molecule has 0 aliphatic carbocycles. The van der Waals surface area contributed by atoms with Crippen molar-refractivity contribution in [3.8, 4) is 0 Å². The number of rotatable bonds is 5. The summed E-state index contributed by atoms with van der Waals surface area (Å²) in [5, 5.41) is 2.89. The normalized spacial score (nSPS) is 22.8. The first-order valence-electron chi connectivity index (χ1n) is 11.8. The molecule has 2 aromatic rings. The number of amides is 3. The van der Waals surface area contributed by atoms with Gasteiger partial charge in [0.25, 0.3) is 5.91 Å². The number of aliphatic imine (C=N–C) groups is 1. The Hall–Kier alpha value is -3.17. The van der Waals surface area contributed by atoms with E-state index < -0.39 is 18.2 Å². The highest BCUT2D eigenvalue weighted by molar-refractivity contribution is 6.31. The molecule has 2 unspecified atom stereocenters. The van der Waals surface area contributed by atoms with Gasteiger partial charge in [0.15, 0.2) is 18.2 Å². The second-order valence-electron chi connectivity index (χ2n) is 9.09. The maximum Gasteiger partial charge on any atom is 0.325 e. The molecule has 35 heavy (non-hydrogen) atoms. The Morgan fingerprint density at radius 1 is 1.06 bits per heavy atom. The molecule has 0 radical (unpaired) electrons. The highest BCUT2D eigenvalue weighted by atomic mass is 35.5. The van der Waals surface area contributed by atoms with Crippen LogP contribution in [-0.4, -0.2) is 89.5 Å². The van der Waals surface area contributed by atoms with E-state index in [1.165, 1.54) is 16.5 Å². The molecule has 3 amide bonds. The summed E-state index contributed by atoms with van der Waals surface area (Å²) < 4.78 is 14.3. The van der Waals surface area contributed by atoms with Crippen molar-refractivity contribution in [1.29, 1.82) is 0 Å². The van der Waals surface area contributed by atoms with Crippen LogP contribution in [0.2, 0.25) is 5.02 Å². The Labute approximate surface area is 208 Å². The fourth-order valence-corrected chi connectivity index (χ4v) is 5.14.